The van der Waals surface area contributed by atoms with Gasteiger partial charge in [0.1, 0.15) is 0 Å². The highest BCUT2D eigenvalue weighted by Gasteiger charge is 1.96. The molecule has 0 N–H and O–H groups in total. The molecule has 0 aromatic rings. The molecule has 78 valence electrons. The van der Waals surface area contributed by atoms with Crippen LogP contribution in [0.5, 0.6) is 0 Å². The van der Waals surface area contributed by atoms with Gasteiger partial charge in [-0.15, -0.1) is 0 Å². The number of unbranched alkanes of at least 4 members (excludes halogenated alkanes) is 2. The van der Waals surface area contributed by atoms with Crippen LogP contribution >= 0.6 is 12.0 Å². The third kappa shape index (κ3) is 11.8. The Morgan fingerprint density at radius 3 is 2.54 bits per heavy atom. The van der Waals surface area contributed by atoms with Crippen LogP contribution in [0.25, 0.3) is 0 Å². The van der Waals surface area contributed by atoms with Gasteiger partial charge in [-0.25, -0.2) is 0 Å². The van der Waals surface area contributed by atoms with Crippen LogP contribution in [0.15, 0.2) is 0 Å². The summed E-state index contributed by atoms with van der Waals surface area (Å²) < 4.78 is 4.75. The number of carbonyl (C=O) groups is 1. The van der Waals surface area contributed by atoms with Gasteiger partial charge in [0.2, 0.25) is 0 Å². The zero-order valence-electron chi connectivity index (χ0n) is 8.84. The van der Waals surface area contributed by atoms with E-state index in [0.717, 1.165) is 18.1 Å². The van der Waals surface area contributed by atoms with Crippen molar-refractivity contribution < 1.29 is 8.98 Å². The highest BCUT2D eigenvalue weighted by Crippen LogP contribution is 2.11. The number of rotatable bonds is 7. The lowest BCUT2D eigenvalue weighted by molar-refractivity contribution is -0.130. The van der Waals surface area contributed by atoms with Gasteiger partial charge in [-0.1, -0.05) is 33.1 Å². The van der Waals surface area contributed by atoms with E-state index in [9.17, 15) is 4.79 Å². The van der Waals surface area contributed by atoms with E-state index in [4.69, 9.17) is 4.18 Å². The fourth-order valence-corrected chi connectivity index (χ4v) is 1.59. The molecular formula is C10H20O2S. The van der Waals surface area contributed by atoms with Crippen LogP contribution in [0.3, 0.4) is 0 Å². The van der Waals surface area contributed by atoms with Gasteiger partial charge in [-0.3, -0.25) is 4.79 Å². The molecule has 0 spiro atoms. The summed E-state index contributed by atoms with van der Waals surface area (Å²) in [6, 6.07) is 0. The maximum absolute atomic E-state index is 10.4. The van der Waals surface area contributed by atoms with E-state index in [0.29, 0.717) is 0 Å². The lowest BCUT2D eigenvalue weighted by Crippen LogP contribution is -1.92. The summed E-state index contributed by atoms with van der Waals surface area (Å²) in [5.74, 6) is 1.53. The van der Waals surface area contributed by atoms with Crippen molar-refractivity contribution >= 4 is 18.0 Å². The van der Waals surface area contributed by atoms with Gasteiger partial charge < -0.3 is 4.18 Å². The highest BCUT2D eigenvalue weighted by molar-refractivity contribution is 7.95. The Labute approximate surface area is 85.6 Å². The molecule has 0 saturated heterocycles. The van der Waals surface area contributed by atoms with Crippen LogP contribution in [0.4, 0.5) is 0 Å². The minimum absolute atomic E-state index is 0.202. The smallest absolute Gasteiger partial charge is 0.314 e. The zero-order chi connectivity index (χ0) is 10.1. The third-order valence-corrected chi connectivity index (χ3v) is 2.49. The summed E-state index contributed by atoms with van der Waals surface area (Å²) in [6.07, 6.45) is 4.98. The van der Waals surface area contributed by atoms with Gasteiger partial charge in [0.25, 0.3) is 0 Å². The third-order valence-electron chi connectivity index (χ3n) is 1.69. The molecule has 0 bridgehead atoms. The molecule has 13 heavy (non-hydrogen) atoms. The molecule has 0 rings (SSSR count). The minimum Gasteiger partial charge on any atom is -0.392 e. The molecule has 0 amide bonds. The SMILES string of the molecule is CC(=O)OSCCCCCC(C)C. The van der Waals surface area contributed by atoms with Crippen LogP contribution in [-0.2, 0) is 8.98 Å². The second-order valence-corrected chi connectivity index (χ2v) is 4.45. The largest absolute Gasteiger partial charge is 0.392 e. The van der Waals surface area contributed by atoms with Crippen LogP contribution in [0.2, 0.25) is 0 Å². The van der Waals surface area contributed by atoms with Gasteiger partial charge in [0.05, 0.1) is 12.0 Å². The van der Waals surface area contributed by atoms with Crippen molar-refractivity contribution in [3.8, 4) is 0 Å². The lowest BCUT2D eigenvalue weighted by Gasteiger charge is -2.03. The Bertz CT molecular complexity index is 135. The molecule has 0 aliphatic carbocycles. The molecule has 2 nitrogen and oxygen atoms in total. The van der Waals surface area contributed by atoms with E-state index in [-0.39, 0.29) is 5.97 Å². The Morgan fingerprint density at radius 2 is 2.00 bits per heavy atom. The van der Waals surface area contributed by atoms with Gasteiger partial charge in [0, 0.05) is 12.7 Å². The summed E-state index contributed by atoms with van der Waals surface area (Å²) >= 11 is 1.27. The second kappa shape index (κ2) is 8.42. The Kier molecular flexibility index (Phi) is 8.30. The first-order valence-electron chi connectivity index (χ1n) is 4.93. The molecule has 0 aliphatic rings. The molecule has 0 unspecified atom stereocenters. The first-order chi connectivity index (χ1) is 6.13. The Balaban J connectivity index is 2.96. The van der Waals surface area contributed by atoms with E-state index >= 15 is 0 Å². The molecular weight excluding hydrogens is 184 g/mol. The molecule has 3 heteroatoms. The lowest BCUT2D eigenvalue weighted by atomic mass is 10.1. The molecule has 0 aromatic carbocycles. The minimum atomic E-state index is -0.202. The first-order valence-corrected chi connectivity index (χ1v) is 5.84. The quantitative estimate of drug-likeness (QED) is 0.469. The fraction of sp³-hybridized carbons (Fsp3) is 0.900. The second-order valence-electron chi connectivity index (χ2n) is 3.64. The molecule has 0 saturated carbocycles. The summed E-state index contributed by atoms with van der Waals surface area (Å²) in [6.45, 7) is 5.92. The topological polar surface area (TPSA) is 26.3 Å². The maximum atomic E-state index is 10.4. The van der Waals surface area contributed by atoms with Gasteiger partial charge in [0.15, 0.2) is 0 Å². The van der Waals surface area contributed by atoms with Crippen LogP contribution in [0, 0.1) is 5.92 Å². The van der Waals surface area contributed by atoms with Crippen molar-refractivity contribution in [2.24, 2.45) is 5.92 Å². The van der Waals surface area contributed by atoms with Gasteiger partial charge in [-0.2, -0.15) is 0 Å². The Hall–Kier alpha value is -0.180. The molecule has 0 heterocycles. The average Bonchev–Trinajstić information content (AvgIpc) is 2.01. The van der Waals surface area contributed by atoms with Crippen LogP contribution in [0.1, 0.15) is 46.5 Å². The van der Waals surface area contributed by atoms with E-state index in [1.54, 1.807) is 0 Å². The summed E-state index contributed by atoms with van der Waals surface area (Å²) in [5.41, 5.74) is 0. The summed E-state index contributed by atoms with van der Waals surface area (Å²) in [5, 5.41) is 0. The number of carbonyl (C=O) groups excluding carboxylic acids is 1. The van der Waals surface area contributed by atoms with Crippen molar-refractivity contribution in [2.75, 3.05) is 5.75 Å². The summed E-state index contributed by atoms with van der Waals surface area (Å²) in [7, 11) is 0. The summed E-state index contributed by atoms with van der Waals surface area (Å²) in [4.78, 5) is 10.4. The van der Waals surface area contributed by atoms with Crippen molar-refractivity contribution in [3.05, 3.63) is 0 Å². The van der Waals surface area contributed by atoms with Crippen molar-refractivity contribution in [1.82, 2.24) is 0 Å². The molecule has 0 fully saturated rings. The predicted octanol–water partition coefficient (Wildman–Crippen LogP) is 3.41. The molecule has 0 radical (unpaired) electrons. The van der Waals surface area contributed by atoms with Crippen LogP contribution < -0.4 is 0 Å². The standard InChI is InChI=1S/C10H20O2S/c1-9(2)7-5-4-6-8-13-12-10(3)11/h9H,4-8H2,1-3H3. The monoisotopic (exact) mass is 204 g/mol. The fourth-order valence-electron chi connectivity index (χ4n) is 1.01. The van der Waals surface area contributed by atoms with Crippen molar-refractivity contribution in [3.63, 3.8) is 0 Å². The zero-order valence-corrected chi connectivity index (χ0v) is 9.65. The van der Waals surface area contributed by atoms with Crippen molar-refractivity contribution in [1.29, 1.82) is 0 Å². The normalized spacial score (nSPS) is 10.5. The molecule has 0 aliphatic heterocycles. The maximum Gasteiger partial charge on any atom is 0.314 e. The van der Waals surface area contributed by atoms with E-state index in [1.807, 2.05) is 0 Å². The van der Waals surface area contributed by atoms with Gasteiger partial charge in [-0.05, 0) is 12.3 Å². The van der Waals surface area contributed by atoms with Gasteiger partial charge >= 0.3 is 5.97 Å². The number of hydrogen-bond acceptors (Lipinski definition) is 3. The van der Waals surface area contributed by atoms with E-state index < -0.39 is 0 Å². The molecule has 0 aromatic heterocycles. The highest BCUT2D eigenvalue weighted by atomic mass is 32.2. The molecule has 0 atom stereocenters. The van der Waals surface area contributed by atoms with Crippen molar-refractivity contribution in [2.45, 2.75) is 46.5 Å². The Morgan fingerprint density at radius 1 is 1.31 bits per heavy atom. The number of hydrogen-bond donors (Lipinski definition) is 0. The first kappa shape index (κ1) is 12.8. The van der Waals surface area contributed by atoms with Crippen LogP contribution in [-0.4, -0.2) is 11.7 Å². The van der Waals surface area contributed by atoms with E-state index in [1.165, 1.54) is 38.2 Å². The average molecular weight is 204 g/mol. The predicted molar refractivity (Wildman–Crippen MR) is 57.5 cm³/mol. The van der Waals surface area contributed by atoms with E-state index in [2.05, 4.69) is 13.8 Å².